The maximum Gasteiger partial charge on any atom is 0.175 e. The number of aromatic nitrogens is 1. The fourth-order valence-corrected chi connectivity index (χ4v) is 15.0. The highest BCUT2D eigenvalue weighted by Gasteiger charge is 2.43. The molecule has 0 radical (unpaired) electrons. The topological polar surface area (TPSA) is 4.93 Å². The van der Waals surface area contributed by atoms with Crippen molar-refractivity contribution in [2.24, 2.45) is 0 Å². The van der Waals surface area contributed by atoms with E-state index in [4.69, 9.17) is 0 Å². The van der Waals surface area contributed by atoms with Crippen molar-refractivity contribution in [3.8, 4) is 16.8 Å². The fourth-order valence-electron chi connectivity index (χ4n) is 8.63. The van der Waals surface area contributed by atoms with Crippen molar-refractivity contribution < 1.29 is 0 Å². The average molecular weight is 686 g/mol. The monoisotopic (exact) mass is 685 g/mol. The van der Waals surface area contributed by atoms with Gasteiger partial charge >= 0.3 is 0 Å². The Morgan fingerprint density at radius 1 is 0.510 bits per heavy atom. The predicted molar refractivity (Wildman–Crippen MR) is 223 cm³/mol. The van der Waals surface area contributed by atoms with E-state index in [1.54, 1.807) is 5.20 Å². The number of para-hydroxylation sites is 2. The summed E-state index contributed by atoms with van der Waals surface area (Å²) in [7, 11) is -2.77. The van der Waals surface area contributed by atoms with Crippen LogP contribution in [0.1, 0.15) is 12.8 Å². The van der Waals surface area contributed by atoms with Gasteiger partial charge in [-0.3, -0.25) is 0 Å². The molecule has 0 saturated heterocycles. The average Bonchev–Trinajstić information content (AvgIpc) is 3.76. The van der Waals surface area contributed by atoms with Crippen LogP contribution in [0.3, 0.4) is 0 Å². The second kappa shape index (κ2) is 12.2. The first kappa shape index (κ1) is 30.1. The Kier molecular flexibility index (Phi) is 7.23. The summed E-state index contributed by atoms with van der Waals surface area (Å²) in [6.07, 6.45) is 9.16. The minimum absolute atomic E-state index is 1.05. The van der Waals surface area contributed by atoms with Gasteiger partial charge in [0.2, 0.25) is 0 Å². The standard InChI is InChI=1S/C48H35NSSi/c1-3-18-36(19-4-1)51(37-20-5-2-6-21-37,38-22-13-16-34(32-38)40-27-15-28-44-43-26-9-12-31-47(43)50-48(40)44)39-23-14-17-35(33-39)49-45-29-10-7-24-41(45)42-25-8-11-30-46(42)49/h1-5,7-20,22-33H,6,21H2. The van der Waals surface area contributed by atoms with Gasteiger partial charge in [-0.2, -0.15) is 0 Å². The lowest BCUT2D eigenvalue weighted by molar-refractivity contribution is 1.01. The molecule has 10 rings (SSSR count). The normalized spacial score (nSPS) is 14.3. The number of hydrogen-bond donors (Lipinski definition) is 0. The summed E-state index contributed by atoms with van der Waals surface area (Å²) in [5, 5.41) is 11.0. The van der Waals surface area contributed by atoms with Crippen LogP contribution in [0.2, 0.25) is 0 Å². The first-order chi connectivity index (χ1) is 25.3. The van der Waals surface area contributed by atoms with Gasteiger partial charge in [-0.05, 0) is 69.9 Å². The van der Waals surface area contributed by atoms with E-state index in [1.165, 1.54) is 74.4 Å². The molecule has 3 heteroatoms. The Balaban J connectivity index is 1.25. The number of nitrogens with zero attached hydrogens (tertiary/aromatic N) is 1. The van der Waals surface area contributed by atoms with Gasteiger partial charge in [0, 0.05) is 36.6 Å². The van der Waals surface area contributed by atoms with Crippen molar-refractivity contribution in [1.29, 1.82) is 0 Å². The van der Waals surface area contributed by atoms with Crippen molar-refractivity contribution in [2.45, 2.75) is 12.8 Å². The highest BCUT2D eigenvalue weighted by atomic mass is 32.1. The fraction of sp³-hybridized carbons (Fsp3) is 0.0417. The van der Waals surface area contributed by atoms with Crippen molar-refractivity contribution >= 4 is 76.9 Å². The Morgan fingerprint density at radius 3 is 1.90 bits per heavy atom. The molecule has 1 nitrogen and oxygen atoms in total. The lowest BCUT2D eigenvalue weighted by Gasteiger charge is -2.37. The molecule has 1 atom stereocenters. The Hall–Kier alpha value is -5.74. The van der Waals surface area contributed by atoms with E-state index in [1.807, 2.05) is 11.3 Å². The molecule has 1 unspecified atom stereocenters. The van der Waals surface area contributed by atoms with Crippen LogP contribution in [0.4, 0.5) is 0 Å². The van der Waals surface area contributed by atoms with Crippen molar-refractivity contribution in [1.82, 2.24) is 4.57 Å². The molecule has 0 saturated carbocycles. The molecular weight excluding hydrogens is 651 g/mol. The molecule has 2 heterocycles. The number of fused-ring (bicyclic) bond motifs is 6. The molecular formula is C48H35NSSi. The zero-order valence-electron chi connectivity index (χ0n) is 28.2. The summed E-state index contributed by atoms with van der Waals surface area (Å²) in [5.41, 5.74) is 6.27. The molecule has 0 bridgehead atoms. The predicted octanol–water partition coefficient (Wildman–Crippen LogP) is 11.1. The van der Waals surface area contributed by atoms with Crippen molar-refractivity contribution in [3.05, 3.63) is 193 Å². The van der Waals surface area contributed by atoms with E-state index < -0.39 is 8.07 Å². The number of thiophene rings is 1. The molecule has 51 heavy (non-hydrogen) atoms. The van der Waals surface area contributed by atoms with Crippen molar-refractivity contribution in [2.75, 3.05) is 0 Å². The molecule has 0 fully saturated rings. The molecule has 2 aromatic heterocycles. The highest BCUT2D eigenvalue weighted by molar-refractivity contribution is 7.26. The van der Waals surface area contributed by atoms with Gasteiger partial charge in [0.05, 0.1) is 11.0 Å². The summed E-state index contributed by atoms with van der Waals surface area (Å²) in [6, 6.07) is 63.8. The van der Waals surface area contributed by atoms with Gasteiger partial charge in [-0.15, -0.1) is 11.3 Å². The van der Waals surface area contributed by atoms with Gasteiger partial charge < -0.3 is 4.57 Å². The van der Waals surface area contributed by atoms with E-state index >= 15 is 0 Å². The third-order valence-electron chi connectivity index (χ3n) is 10.8. The number of rotatable bonds is 6. The van der Waals surface area contributed by atoms with Crippen molar-refractivity contribution in [3.63, 3.8) is 0 Å². The number of hydrogen-bond acceptors (Lipinski definition) is 1. The summed E-state index contributed by atoms with van der Waals surface area (Å²) in [4.78, 5) is 0. The molecule has 242 valence electrons. The van der Waals surface area contributed by atoms with Gasteiger partial charge in [0.1, 0.15) is 0 Å². The first-order valence-electron chi connectivity index (χ1n) is 17.8. The second-order valence-electron chi connectivity index (χ2n) is 13.6. The summed E-state index contributed by atoms with van der Waals surface area (Å²) in [6.45, 7) is 0. The van der Waals surface area contributed by atoms with Crippen LogP contribution in [-0.4, -0.2) is 12.6 Å². The molecule has 0 amide bonds. The first-order valence-corrected chi connectivity index (χ1v) is 20.6. The van der Waals surface area contributed by atoms with Crippen LogP contribution in [0, 0.1) is 0 Å². The van der Waals surface area contributed by atoms with Crippen LogP contribution < -0.4 is 15.6 Å². The smallest absolute Gasteiger partial charge is 0.175 e. The van der Waals surface area contributed by atoms with Gasteiger partial charge in [0.15, 0.2) is 8.07 Å². The summed E-state index contributed by atoms with van der Waals surface area (Å²) >= 11 is 1.91. The molecule has 0 aliphatic heterocycles. The Labute approximate surface area is 303 Å². The van der Waals surface area contributed by atoms with E-state index in [0.717, 1.165) is 12.8 Å². The van der Waals surface area contributed by atoms with E-state index in [2.05, 4.69) is 193 Å². The van der Waals surface area contributed by atoms with Crippen LogP contribution in [0.5, 0.6) is 0 Å². The second-order valence-corrected chi connectivity index (χ2v) is 18.5. The summed E-state index contributed by atoms with van der Waals surface area (Å²) in [5.74, 6) is 0. The Bertz CT molecular complexity index is 2770. The Morgan fingerprint density at radius 2 is 1.14 bits per heavy atom. The molecule has 1 aliphatic carbocycles. The van der Waals surface area contributed by atoms with Crippen LogP contribution >= 0.6 is 11.3 Å². The third-order valence-corrected chi connectivity index (χ3v) is 17.0. The van der Waals surface area contributed by atoms with E-state index in [9.17, 15) is 0 Å². The molecule has 7 aromatic carbocycles. The van der Waals surface area contributed by atoms with Crippen LogP contribution in [0.15, 0.2) is 193 Å². The van der Waals surface area contributed by atoms with Gasteiger partial charge in [-0.1, -0.05) is 163 Å². The van der Waals surface area contributed by atoms with Gasteiger partial charge in [-0.25, -0.2) is 0 Å². The molecule has 9 aromatic rings. The maximum atomic E-state index is 2.53. The van der Waals surface area contributed by atoms with E-state index in [0.29, 0.717) is 0 Å². The summed E-state index contributed by atoms with van der Waals surface area (Å²) < 4.78 is 5.16. The molecule has 0 spiro atoms. The molecule has 1 aliphatic rings. The molecule has 0 N–H and O–H groups in total. The third kappa shape index (κ3) is 4.73. The van der Waals surface area contributed by atoms with Gasteiger partial charge in [0.25, 0.3) is 0 Å². The van der Waals surface area contributed by atoms with Crippen LogP contribution in [-0.2, 0) is 0 Å². The zero-order chi connectivity index (χ0) is 33.8. The highest BCUT2D eigenvalue weighted by Crippen LogP contribution is 2.40. The van der Waals surface area contributed by atoms with Crippen LogP contribution in [0.25, 0.3) is 58.8 Å². The number of allylic oxidation sites excluding steroid dienone is 4. The minimum Gasteiger partial charge on any atom is -0.309 e. The largest absolute Gasteiger partial charge is 0.309 e. The number of benzene rings is 7. The minimum atomic E-state index is -2.77. The lowest BCUT2D eigenvalue weighted by Crippen LogP contribution is -2.68. The SMILES string of the molecule is C1=CCCC([Si](c2ccccc2)(c2cccc(-c3cccc4c3sc3ccccc34)c2)c2cccc(-n3c4ccccc4c4ccccc43)c2)=C1. The maximum absolute atomic E-state index is 2.77. The van der Waals surface area contributed by atoms with E-state index in [-0.39, 0.29) is 0 Å². The quantitative estimate of drug-likeness (QED) is 0.121. The lowest BCUT2D eigenvalue weighted by atomic mass is 10.0. The zero-order valence-corrected chi connectivity index (χ0v) is 30.0.